The Labute approximate surface area is 127 Å². The molecular weight excluding hydrogens is 266 g/mol. The Bertz CT molecular complexity index is 432. The number of benzene rings is 1. The summed E-state index contributed by atoms with van der Waals surface area (Å²) >= 11 is 0. The van der Waals surface area contributed by atoms with Crippen LogP contribution in [0.3, 0.4) is 0 Å². The number of hydrogen-bond donors (Lipinski definition) is 2. The molecule has 0 aliphatic heterocycles. The molecule has 1 unspecified atom stereocenters. The first kappa shape index (κ1) is 16.3. The van der Waals surface area contributed by atoms with Crippen LogP contribution in [0.4, 0.5) is 0 Å². The second-order valence-electron chi connectivity index (χ2n) is 6.06. The number of methoxy groups -OCH3 is 1. The molecule has 0 saturated heterocycles. The monoisotopic (exact) mass is 293 g/mol. The van der Waals surface area contributed by atoms with E-state index in [1.807, 2.05) is 32.0 Å². The highest BCUT2D eigenvalue weighted by Gasteiger charge is 2.36. The van der Waals surface area contributed by atoms with Crippen LogP contribution < -0.4 is 10.1 Å². The maximum absolute atomic E-state index is 10.0. The van der Waals surface area contributed by atoms with Gasteiger partial charge in [-0.2, -0.15) is 0 Å². The van der Waals surface area contributed by atoms with Gasteiger partial charge in [0.25, 0.3) is 0 Å². The fourth-order valence-corrected chi connectivity index (χ4v) is 2.76. The molecule has 1 aliphatic rings. The molecule has 0 heterocycles. The third-order valence-corrected chi connectivity index (χ3v) is 4.35. The van der Waals surface area contributed by atoms with Crippen LogP contribution in [-0.4, -0.2) is 43.6 Å². The Kier molecular flexibility index (Phi) is 5.62. The molecule has 1 fully saturated rings. The average molecular weight is 293 g/mol. The topological polar surface area (TPSA) is 50.7 Å². The molecule has 2 N–H and O–H groups in total. The number of ether oxygens (including phenoxy) is 2. The highest BCUT2D eigenvalue weighted by molar-refractivity contribution is 5.39. The van der Waals surface area contributed by atoms with E-state index in [1.54, 1.807) is 7.11 Å². The lowest BCUT2D eigenvalue weighted by Gasteiger charge is -2.40. The minimum atomic E-state index is -0.516. The minimum absolute atomic E-state index is 0.00676. The molecule has 1 atom stereocenters. The fourth-order valence-electron chi connectivity index (χ4n) is 2.76. The van der Waals surface area contributed by atoms with Crippen LogP contribution in [-0.2, 0) is 4.74 Å². The molecule has 0 amide bonds. The van der Waals surface area contributed by atoms with Crippen LogP contribution in [0.15, 0.2) is 18.2 Å². The molecule has 0 aromatic heterocycles. The number of aliphatic hydroxyl groups excluding tert-OH is 1. The summed E-state index contributed by atoms with van der Waals surface area (Å²) in [5, 5.41) is 13.3. The summed E-state index contributed by atoms with van der Waals surface area (Å²) in [6.07, 6.45) is 2.92. The summed E-state index contributed by atoms with van der Waals surface area (Å²) in [6.45, 7) is 5.66. The lowest BCUT2D eigenvalue weighted by molar-refractivity contribution is -0.0706. The van der Waals surface area contributed by atoms with Crippen LogP contribution in [0.25, 0.3) is 0 Å². The molecule has 1 aromatic rings. The summed E-state index contributed by atoms with van der Waals surface area (Å²) in [5.74, 6) is 0.879. The van der Waals surface area contributed by atoms with Crippen molar-refractivity contribution in [2.24, 2.45) is 0 Å². The molecule has 1 saturated carbocycles. The highest BCUT2D eigenvalue weighted by Crippen LogP contribution is 2.34. The molecule has 4 nitrogen and oxygen atoms in total. The van der Waals surface area contributed by atoms with E-state index in [9.17, 15) is 5.11 Å². The van der Waals surface area contributed by atoms with Gasteiger partial charge in [0.05, 0.1) is 5.60 Å². The molecule has 2 rings (SSSR count). The van der Waals surface area contributed by atoms with Crippen molar-refractivity contribution in [3.8, 4) is 5.75 Å². The highest BCUT2D eigenvalue weighted by atomic mass is 16.5. The average Bonchev–Trinajstić information content (AvgIpc) is 2.41. The van der Waals surface area contributed by atoms with Gasteiger partial charge in [-0.25, -0.2) is 0 Å². The third kappa shape index (κ3) is 4.19. The van der Waals surface area contributed by atoms with Crippen LogP contribution in [0.1, 0.15) is 30.4 Å². The maximum atomic E-state index is 10.0. The van der Waals surface area contributed by atoms with Crippen molar-refractivity contribution in [3.63, 3.8) is 0 Å². The van der Waals surface area contributed by atoms with E-state index >= 15 is 0 Å². The fraction of sp³-hybridized carbons (Fsp3) is 0.647. The van der Waals surface area contributed by atoms with Gasteiger partial charge >= 0.3 is 0 Å². The lowest BCUT2D eigenvalue weighted by atomic mass is 9.80. The van der Waals surface area contributed by atoms with E-state index in [0.717, 1.165) is 36.3 Å². The predicted octanol–water partition coefficient (Wildman–Crippen LogP) is 2.20. The van der Waals surface area contributed by atoms with Gasteiger partial charge in [0.1, 0.15) is 18.5 Å². The molecule has 21 heavy (non-hydrogen) atoms. The zero-order chi connectivity index (χ0) is 15.3. The minimum Gasteiger partial charge on any atom is -0.490 e. The predicted molar refractivity (Wildman–Crippen MR) is 83.9 cm³/mol. The van der Waals surface area contributed by atoms with Crippen molar-refractivity contribution < 1.29 is 14.6 Å². The van der Waals surface area contributed by atoms with Crippen molar-refractivity contribution in [1.29, 1.82) is 0 Å². The first-order valence-electron chi connectivity index (χ1n) is 7.69. The Morgan fingerprint density at radius 3 is 2.48 bits per heavy atom. The summed E-state index contributed by atoms with van der Waals surface area (Å²) in [5.41, 5.74) is 2.19. The smallest absolute Gasteiger partial charge is 0.125 e. The Morgan fingerprint density at radius 1 is 1.29 bits per heavy atom. The van der Waals surface area contributed by atoms with E-state index in [0.29, 0.717) is 13.2 Å². The second kappa shape index (κ2) is 7.25. The van der Waals surface area contributed by atoms with Gasteiger partial charge in [-0.15, -0.1) is 0 Å². The Morgan fingerprint density at radius 2 is 1.95 bits per heavy atom. The van der Waals surface area contributed by atoms with Crippen molar-refractivity contribution in [3.05, 3.63) is 29.3 Å². The molecule has 1 aromatic carbocycles. The first-order chi connectivity index (χ1) is 10.1. The summed E-state index contributed by atoms with van der Waals surface area (Å²) in [4.78, 5) is 0. The normalized spacial score (nSPS) is 18.1. The van der Waals surface area contributed by atoms with Crippen molar-refractivity contribution in [2.75, 3.05) is 26.8 Å². The quantitative estimate of drug-likeness (QED) is 0.771. The van der Waals surface area contributed by atoms with Gasteiger partial charge in [0, 0.05) is 20.2 Å². The third-order valence-electron chi connectivity index (χ3n) is 4.35. The van der Waals surface area contributed by atoms with Gasteiger partial charge in [0.15, 0.2) is 0 Å². The SMILES string of the molecule is COC1(CNCC(O)COc2c(C)cccc2C)CCC1. The van der Waals surface area contributed by atoms with E-state index in [1.165, 1.54) is 6.42 Å². The molecule has 4 heteroatoms. The lowest BCUT2D eigenvalue weighted by Crippen LogP contribution is -2.49. The largest absolute Gasteiger partial charge is 0.490 e. The van der Waals surface area contributed by atoms with Crippen LogP contribution in [0.2, 0.25) is 0 Å². The Hall–Kier alpha value is -1.10. The van der Waals surface area contributed by atoms with Crippen LogP contribution in [0.5, 0.6) is 5.75 Å². The number of hydrogen-bond acceptors (Lipinski definition) is 4. The standard InChI is InChI=1S/C17H27NO3/c1-13-6-4-7-14(2)16(13)21-11-15(19)10-18-12-17(20-3)8-5-9-17/h4,6-7,15,18-19H,5,8-12H2,1-3H3. The van der Waals surface area contributed by atoms with Gasteiger partial charge in [-0.3, -0.25) is 0 Å². The molecule has 0 spiro atoms. The zero-order valence-electron chi connectivity index (χ0n) is 13.3. The second-order valence-corrected chi connectivity index (χ2v) is 6.06. The van der Waals surface area contributed by atoms with Gasteiger partial charge in [0.2, 0.25) is 0 Å². The van der Waals surface area contributed by atoms with E-state index < -0.39 is 6.10 Å². The number of nitrogens with one attached hydrogen (secondary N) is 1. The molecule has 0 radical (unpaired) electrons. The molecule has 118 valence electrons. The van der Waals surface area contributed by atoms with Crippen molar-refractivity contribution in [2.45, 2.75) is 44.8 Å². The van der Waals surface area contributed by atoms with Gasteiger partial charge < -0.3 is 19.9 Å². The number of rotatable bonds is 8. The van der Waals surface area contributed by atoms with Crippen molar-refractivity contribution in [1.82, 2.24) is 5.32 Å². The number of para-hydroxylation sites is 1. The van der Waals surface area contributed by atoms with Gasteiger partial charge in [-0.1, -0.05) is 18.2 Å². The van der Waals surface area contributed by atoms with E-state index in [4.69, 9.17) is 9.47 Å². The van der Waals surface area contributed by atoms with E-state index in [-0.39, 0.29) is 5.60 Å². The van der Waals surface area contributed by atoms with Gasteiger partial charge in [-0.05, 0) is 44.2 Å². The zero-order valence-corrected chi connectivity index (χ0v) is 13.3. The van der Waals surface area contributed by atoms with Crippen molar-refractivity contribution >= 4 is 0 Å². The van der Waals surface area contributed by atoms with Crippen LogP contribution in [0, 0.1) is 13.8 Å². The first-order valence-corrected chi connectivity index (χ1v) is 7.69. The number of aryl methyl sites for hydroxylation is 2. The van der Waals surface area contributed by atoms with E-state index in [2.05, 4.69) is 5.32 Å². The molecular formula is C17H27NO3. The molecule has 1 aliphatic carbocycles. The molecule has 0 bridgehead atoms. The summed E-state index contributed by atoms with van der Waals surface area (Å²) < 4.78 is 11.3. The maximum Gasteiger partial charge on any atom is 0.125 e. The summed E-state index contributed by atoms with van der Waals surface area (Å²) in [7, 11) is 1.77. The summed E-state index contributed by atoms with van der Waals surface area (Å²) in [6, 6.07) is 6.05. The number of aliphatic hydroxyl groups is 1. The van der Waals surface area contributed by atoms with Crippen LogP contribution >= 0.6 is 0 Å². The Balaban J connectivity index is 1.71.